The molecule has 0 unspecified atom stereocenters. The van der Waals surface area contributed by atoms with Crippen molar-refractivity contribution in [3.8, 4) is 23.0 Å². The van der Waals surface area contributed by atoms with Gasteiger partial charge in [0.1, 0.15) is 11.5 Å². The number of H-pyrrole nitrogens is 1. The fourth-order valence-corrected chi connectivity index (χ4v) is 3.48. The number of guanidine groups is 1. The summed E-state index contributed by atoms with van der Waals surface area (Å²) in [6, 6.07) is 11.7. The standard InChI is InChI=1S/C24H32N4O4/c1-6-25-24(28-17-9-10-21(30-3)23(13-17)32-5)26-11-7-8-16-12-19-20(27-16)14-18(29-2)15-22(19)31-4/h9-10,12-15,27H,6-8,11H2,1-5H3,(H2,25,26,28). The molecule has 0 bridgehead atoms. The summed E-state index contributed by atoms with van der Waals surface area (Å²) >= 11 is 0. The summed E-state index contributed by atoms with van der Waals surface area (Å²) in [4.78, 5) is 8.16. The molecule has 0 saturated heterocycles. The van der Waals surface area contributed by atoms with Crippen LogP contribution in [-0.2, 0) is 6.42 Å². The van der Waals surface area contributed by atoms with Crippen molar-refractivity contribution in [3.05, 3.63) is 42.1 Å². The van der Waals surface area contributed by atoms with Gasteiger partial charge in [-0.15, -0.1) is 0 Å². The fourth-order valence-electron chi connectivity index (χ4n) is 3.48. The van der Waals surface area contributed by atoms with Crippen LogP contribution in [0, 0.1) is 0 Å². The summed E-state index contributed by atoms with van der Waals surface area (Å²) in [6.07, 6.45) is 1.77. The lowest BCUT2D eigenvalue weighted by molar-refractivity contribution is 0.355. The van der Waals surface area contributed by atoms with Crippen molar-refractivity contribution in [3.63, 3.8) is 0 Å². The zero-order valence-electron chi connectivity index (χ0n) is 19.4. The van der Waals surface area contributed by atoms with Crippen LogP contribution in [0.1, 0.15) is 19.0 Å². The molecule has 3 N–H and O–H groups in total. The molecule has 3 aromatic rings. The summed E-state index contributed by atoms with van der Waals surface area (Å²) in [5.41, 5.74) is 3.02. The smallest absolute Gasteiger partial charge is 0.195 e. The van der Waals surface area contributed by atoms with E-state index < -0.39 is 0 Å². The summed E-state index contributed by atoms with van der Waals surface area (Å²) in [6.45, 7) is 3.49. The Morgan fingerprint density at radius 2 is 1.69 bits per heavy atom. The van der Waals surface area contributed by atoms with E-state index >= 15 is 0 Å². The molecule has 0 atom stereocenters. The van der Waals surface area contributed by atoms with Gasteiger partial charge in [-0.1, -0.05) is 0 Å². The lowest BCUT2D eigenvalue weighted by atomic mass is 10.2. The lowest BCUT2D eigenvalue weighted by Crippen LogP contribution is -2.30. The van der Waals surface area contributed by atoms with Gasteiger partial charge in [-0.2, -0.15) is 0 Å². The van der Waals surface area contributed by atoms with E-state index in [0.717, 1.165) is 59.1 Å². The maximum Gasteiger partial charge on any atom is 0.195 e. The molecule has 32 heavy (non-hydrogen) atoms. The molecule has 3 rings (SSSR count). The zero-order chi connectivity index (χ0) is 22.9. The van der Waals surface area contributed by atoms with Gasteiger partial charge >= 0.3 is 0 Å². The van der Waals surface area contributed by atoms with E-state index in [1.807, 2.05) is 37.3 Å². The molecule has 0 aliphatic heterocycles. The number of aromatic nitrogens is 1. The number of hydrogen-bond donors (Lipinski definition) is 3. The predicted octanol–water partition coefficient (Wildman–Crippen LogP) is 4.21. The molecule has 8 nitrogen and oxygen atoms in total. The minimum atomic E-state index is 0.666. The number of aryl methyl sites for hydroxylation is 1. The Labute approximate surface area is 188 Å². The van der Waals surface area contributed by atoms with Gasteiger partial charge in [0.25, 0.3) is 0 Å². The Morgan fingerprint density at radius 1 is 0.906 bits per heavy atom. The number of anilines is 1. The highest BCUT2D eigenvalue weighted by molar-refractivity contribution is 5.94. The van der Waals surface area contributed by atoms with Crippen LogP contribution < -0.4 is 29.6 Å². The molecule has 0 radical (unpaired) electrons. The Balaban J connectivity index is 1.64. The van der Waals surface area contributed by atoms with E-state index in [-0.39, 0.29) is 0 Å². The van der Waals surface area contributed by atoms with E-state index in [1.54, 1.807) is 28.4 Å². The van der Waals surface area contributed by atoms with Crippen LogP contribution in [0.5, 0.6) is 23.0 Å². The van der Waals surface area contributed by atoms with Gasteiger partial charge in [0.05, 0.1) is 34.0 Å². The second-order valence-electron chi connectivity index (χ2n) is 7.14. The van der Waals surface area contributed by atoms with Crippen molar-refractivity contribution in [2.45, 2.75) is 19.8 Å². The molecule has 0 spiro atoms. The van der Waals surface area contributed by atoms with Crippen molar-refractivity contribution in [1.29, 1.82) is 0 Å². The summed E-state index contributed by atoms with van der Waals surface area (Å²) < 4.78 is 21.5. The van der Waals surface area contributed by atoms with Gasteiger partial charge in [0.15, 0.2) is 17.5 Å². The topological polar surface area (TPSA) is 89.1 Å². The van der Waals surface area contributed by atoms with Crippen LogP contribution in [0.4, 0.5) is 5.69 Å². The normalized spacial score (nSPS) is 11.3. The van der Waals surface area contributed by atoms with Gasteiger partial charge in [-0.05, 0) is 38.0 Å². The summed E-state index contributed by atoms with van der Waals surface area (Å²) in [5.74, 6) is 3.65. The number of aromatic amines is 1. The molecular weight excluding hydrogens is 408 g/mol. The number of rotatable bonds is 10. The summed E-state index contributed by atoms with van der Waals surface area (Å²) in [7, 11) is 6.57. The number of ether oxygens (including phenoxy) is 4. The van der Waals surface area contributed by atoms with E-state index in [9.17, 15) is 0 Å². The monoisotopic (exact) mass is 440 g/mol. The molecule has 172 valence electrons. The first-order chi connectivity index (χ1) is 15.6. The number of fused-ring (bicyclic) bond motifs is 1. The van der Waals surface area contributed by atoms with Gasteiger partial charge < -0.3 is 34.6 Å². The van der Waals surface area contributed by atoms with E-state index in [4.69, 9.17) is 23.9 Å². The fraction of sp³-hybridized carbons (Fsp3) is 0.375. The van der Waals surface area contributed by atoms with Crippen molar-refractivity contribution in [2.75, 3.05) is 46.8 Å². The molecule has 1 heterocycles. The first-order valence-electron chi connectivity index (χ1n) is 10.6. The quantitative estimate of drug-likeness (QED) is 0.249. The van der Waals surface area contributed by atoms with Crippen LogP contribution in [0.25, 0.3) is 10.9 Å². The van der Waals surface area contributed by atoms with Crippen molar-refractivity contribution in [1.82, 2.24) is 10.3 Å². The van der Waals surface area contributed by atoms with Crippen LogP contribution in [0.2, 0.25) is 0 Å². The minimum Gasteiger partial charge on any atom is -0.497 e. The maximum absolute atomic E-state index is 5.50. The molecule has 0 fully saturated rings. The SMILES string of the molecule is CCNC(=NCCCc1cc2c(OC)cc(OC)cc2[nH]1)Nc1ccc(OC)c(OC)c1. The lowest BCUT2D eigenvalue weighted by Gasteiger charge is -2.13. The number of methoxy groups -OCH3 is 4. The van der Waals surface area contributed by atoms with Crippen molar-refractivity contribution >= 4 is 22.5 Å². The van der Waals surface area contributed by atoms with Gasteiger partial charge in [0, 0.05) is 48.1 Å². The Kier molecular flexibility index (Phi) is 8.08. The van der Waals surface area contributed by atoms with Crippen LogP contribution >= 0.6 is 0 Å². The molecular formula is C24H32N4O4. The number of nitrogens with zero attached hydrogens (tertiary/aromatic N) is 1. The third-order valence-electron chi connectivity index (χ3n) is 5.05. The van der Waals surface area contributed by atoms with Gasteiger partial charge in [0.2, 0.25) is 0 Å². The molecule has 0 aliphatic carbocycles. The highest BCUT2D eigenvalue weighted by Gasteiger charge is 2.09. The highest BCUT2D eigenvalue weighted by atomic mass is 16.5. The van der Waals surface area contributed by atoms with Crippen molar-refractivity contribution in [2.24, 2.45) is 4.99 Å². The molecule has 8 heteroatoms. The molecule has 0 saturated carbocycles. The van der Waals surface area contributed by atoms with E-state index in [2.05, 4.69) is 21.7 Å². The van der Waals surface area contributed by atoms with E-state index in [1.165, 1.54) is 0 Å². The second-order valence-corrected chi connectivity index (χ2v) is 7.14. The predicted molar refractivity (Wildman–Crippen MR) is 129 cm³/mol. The minimum absolute atomic E-state index is 0.666. The highest BCUT2D eigenvalue weighted by Crippen LogP contribution is 2.32. The van der Waals surface area contributed by atoms with Crippen LogP contribution in [0.3, 0.4) is 0 Å². The number of aliphatic imine (C=N–C) groups is 1. The van der Waals surface area contributed by atoms with Gasteiger partial charge in [-0.3, -0.25) is 4.99 Å². The molecule has 2 aromatic carbocycles. The van der Waals surface area contributed by atoms with E-state index in [0.29, 0.717) is 18.0 Å². The Morgan fingerprint density at radius 3 is 2.38 bits per heavy atom. The molecule has 1 aromatic heterocycles. The van der Waals surface area contributed by atoms with Crippen molar-refractivity contribution < 1.29 is 18.9 Å². The first-order valence-corrected chi connectivity index (χ1v) is 10.6. The average molecular weight is 441 g/mol. The second kappa shape index (κ2) is 11.2. The Hall–Kier alpha value is -3.55. The maximum atomic E-state index is 5.50. The molecule has 0 aliphatic rings. The number of benzene rings is 2. The third-order valence-corrected chi connectivity index (χ3v) is 5.05. The Bertz CT molecular complexity index is 1060. The van der Waals surface area contributed by atoms with Crippen LogP contribution in [-0.4, -0.2) is 52.5 Å². The average Bonchev–Trinajstić information content (AvgIpc) is 3.23. The largest absolute Gasteiger partial charge is 0.497 e. The third kappa shape index (κ3) is 5.57. The number of hydrogen-bond acceptors (Lipinski definition) is 5. The first kappa shape index (κ1) is 23.1. The zero-order valence-corrected chi connectivity index (χ0v) is 19.4. The summed E-state index contributed by atoms with van der Waals surface area (Å²) in [5, 5.41) is 7.64. The van der Waals surface area contributed by atoms with Gasteiger partial charge in [-0.25, -0.2) is 0 Å². The number of nitrogens with one attached hydrogen (secondary N) is 3. The van der Waals surface area contributed by atoms with Crippen LogP contribution in [0.15, 0.2) is 41.4 Å². The molecule has 0 amide bonds.